The minimum Gasteiger partial charge on any atom is -0.337 e. The number of nitrogens with zero attached hydrogens (tertiary/aromatic N) is 4. The van der Waals surface area contributed by atoms with Gasteiger partial charge in [0.1, 0.15) is 6.54 Å². The number of benzene rings is 1. The minimum atomic E-state index is -0.160. The lowest BCUT2D eigenvalue weighted by Gasteiger charge is -2.02. The van der Waals surface area contributed by atoms with Crippen molar-refractivity contribution in [2.24, 2.45) is 0 Å². The second kappa shape index (κ2) is 5.46. The van der Waals surface area contributed by atoms with E-state index < -0.39 is 0 Å². The van der Waals surface area contributed by atoms with E-state index >= 15 is 0 Å². The first-order valence-corrected chi connectivity index (χ1v) is 7.42. The van der Waals surface area contributed by atoms with Gasteiger partial charge in [-0.15, -0.1) is 0 Å². The first kappa shape index (κ1) is 12.9. The Morgan fingerprint density at radius 1 is 1.35 bits per heavy atom. The van der Waals surface area contributed by atoms with Crippen molar-refractivity contribution >= 4 is 22.5 Å². The average Bonchev–Trinajstić information content (AvgIpc) is 2.90. The standard InChI is InChI=1S/C13H12N4O2S/c1-20-8-11-15-12(19-16-11)7-17-13(18)10-5-3-2-4-9(10)6-14-17/h2-6H,7-8H2,1H3. The maximum atomic E-state index is 12.3. The molecule has 0 N–H and O–H groups in total. The minimum absolute atomic E-state index is 0.160. The quantitative estimate of drug-likeness (QED) is 0.727. The molecule has 0 radical (unpaired) electrons. The van der Waals surface area contributed by atoms with E-state index in [1.165, 1.54) is 4.68 Å². The van der Waals surface area contributed by atoms with Crippen LogP contribution >= 0.6 is 11.8 Å². The Balaban J connectivity index is 1.94. The van der Waals surface area contributed by atoms with Gasteiger partial charge in [-0.2, -0.15) is 21.8 Å². The Labute approximate surface area is 118 Å². The van der Waals surface area contributed by atoms with E-state index in [2.05, 4.69) is 15.2 Å². The highest BCUT2D eigenvalue weighted by Gasteiger charge is 2.09. The molecule has 0 aliphatic rings. The number of fused-ring (bicyclic) bond motifs is 1. The fraction of sp³-hybridized carbons (Fsp3) is 0.231. The van der Waals surface area contributed by atoms with Crippen LogP contribution in [0.5, 0.6) is 0 Å². The van der Waals surface area contributed by atoms with Gasteiger partial charge < -0.3 is 4.52 Å². The summed E-state index contributed by atoms with van der Waals surface area (Å²) in [5, 5.41) is 9.42. The summed E-state index contributed by atoms with van der Waals surface area (Å²) in [5.41, 5.74) is -0.160. The van der Waals surface area contributed by atoms with Crippen LogP contribution in [-0.4, -0.2) is 26.2 Å². The third-order valence-corrected chi connectivity index (χ3v) is 3.38. The molecule has 0 unspecified atom stereocenters. The van der Waals surface area contributed by atoms with Crippen LogP contribution in [0.15, 0.2) is 39.8 Å². The van der Waals surface area contributed by atoms with Crippen LogP contribution in [0.1, 0.15) is 11.7 Å². The highest BCUT2D eigenvalue weighted by atomic mass is 32.2. The van der Waals surface area contributed by atoms with E-state index in [0.29, 0.717) is 22.9 Å². The lowest BCUT2D eigenvalue weighted by molar-refractivity contribution is 0.360. The van der Waals surface area contributed by atoms with Crippen molar-refractivity contribution in [3.8, 4) is 0 Å². The molecule has 7 heteroatoms. The van der Waals surface area contributed by atoms with Gasteiger partial charge in [0.25, 0.3) is 5.56 Å². The number of hydrogen-bond acceptors (Lipinski definition) is 6. The molecule has 2 aromatic heterocycles. The summed E-state index contributed by atoms with van der Waals surface area (Å²) in [6, 6.07) is 7.35. The molecule has 0 aliphatic carbocycles. The van der Waals surface area contributed by atoms with E-state index in [-0.39, 0.29) is 12.1 Å². The predicted molar refractivity (Wildman–Crippen MR) is 76.6 cm³/mol. The largest absolute Gasteiger partial charge is 0.337 e. The van der Waals surface area contributed by atoms with Gasteiger partial charge in [0.2, 0.25) is 5.89 Å². The molecule has 6 nitrogen and oxygen atoms in total. The molecule has 20 heavy (non-hydrogen) atoms. The van der Waals surface area contributed by atoms with Crippen molar-refractivity contribution in [2.45, 2.75) is 12.3 Å². The molecule has 0 saturated heterocycles. The normalized spacial score (nSPS) is 11.1. The van der Waals surface area contributed by atoms with E-state index in [9.17, 15) is 4.79 Å². The van der Waals surface area contributed by atoms with Gasteiger partial charge in [-0.1, -0.05) is 23.4 Å². The van der Waals surface area contributed by atoms with Crippen LogP contribution in [0.4, 0.5) is 0 Å². The Kier molecular flexibility index (Phi) is 3.51. The summed E-state index contributed by atoms with van der Waals surface area (Å²) >= 11 is 1.61. The smallest absolute Gasteiger partial charge is 0.275 e. The van der Waals surface area contributed by atoms with Crippen molar-refractivity contribution in [3.05, 3.63) is 52.5 Å². The molecule has 102 valence electrons. The lowest BCUT2D eigenvalue weighted by atomic mass is 10.2. The maximum Gasteiger partial charge on any atom is 0.275 e. The van der Waals surface area contributed by atoms with Crippen LogP contribution in [-0.2, 0) is 12.3 Å². The highest BCUT2D eigenvalue weighted by molar-refractivity contribution is 7.97. The average molecular weight is 288 g/mol. The van der Waals surface area contributed by atoms with Crippen LogP contribution in [0.2, 0.25) is 0 Å². The van der Waals surface area contributed by atoms with Crippen molar-refractivity contribution in [2.75, 3.05) is 6.26 Å². The fourth-order valence-corrected chi connectivity index (χ4v) is 2.29. The van der Waals surface area contributed by atoms with E-state index in [0.717, 1.165) is 5.39 Å². The van der Waals surface area contributed by atoms with Gasteiger partial charge in [-0.05, 0) is 12.3 Å². The molecule has 1 aromatic carbocycles. The SMILES string of the molecule is CSCc1noc(Cn2ncc3ccccc3c2=O)n1. The van der Waals surface area contributed by atoms with Gasteiger partial charge in [-0.25, -0.2) is 4.68 Å². The number of rotatable bonds is 4. The molecule has 0 amide bonds. The third kappa shape index (κ3) is 2.44. The highest BCUT2D eigenvalue weighted by Crippen LogP contribution is 2.08. The van der Waals surface area contributed by atoms with Crippen molar-refractivity contribution in [3.63, 3.8) is 0 Å². The number of thioether (sulfide) groups is 1. The molecular weight excluding hydrogens is 276 g/mol. The molecule has 3 rings (SSSR count). The van der Waals surface area contributed by atoms with Gasteiger partial charge in [0.15, 0.2) is 5.82 Å². The van der Waals surface area contributed by atoms with Crippen LogP contribution < -0.4 is 5.56 Å². The summed E-state index contributed by atoms with van der Waals surface area (Å²) in [5.74, 6) is 1.70. The second-order valence-electron chi connectivity index (χ2n) is 4.23. The molecule has 0 atom stereocenters. The zero-order chi connectivity index (χ0) is 13.9. The second-order valence-corrected chi connectivity index (χ2v) is 5.10. The topological polar surface area (TPSA) is 73.8 Å². The summed E-state index contributed by atoms with van der Waals surface area (Å²) in [7, 11) is 0. The molecule has 0 fully saturated rings. The number of hydrogen-bond donors (Lipinski definition) is 0. The monoisotopic (exact) mass is 288 g/mol. The van der Waals surface area contributed by atoms with Crippen LogP contribution in [0.3, 0.4) is 0 Å². The van der Waals surface area contributed by atoms with Crippen molar-refractivity contribution < 1.29 is 4.52 Å². The van der Waals surface area contributed by atoms with Crippen LogP contribution in [0.25, 0.3) is 10.8 Å². The van der Waals surface area contributed by atoms with E-state index in [4.69, 9.17) is 4.52 Å². The molecule has 0 saturated carbocycles. The maximum absolute atomic E-state index is 12.3. The van der Waals surface area contributed by atoms with Gasteiger partial charge in [0.05, 0.1) is 17.3 Å². The zero-order valence-electron chi connectivity index (χ0n) is 10.8. The summed E-state index contributed by atoms with van der Waals surface area (Å²) < 4.78 is 6.45. The van der Waals surface area contributed by atoms with Gasteiger partial charge in [-0.3, -0.25) is 4.79 Å². The third-order valence-electron chi connectivity index (χ3n) is 2.83. The zero-order valence-corrected chi connectivity index (χ0v) is 11.6. The molecule has 0 spiro atoms. The Morgan fingerprint density at radius 3 is 3.05 bits per heavy atom. The van der Waals surface area contributed by atoms with Gasteiger partial charge in [0, 0.05) is 5.39 Å². The summed E-state index contributed by atoms with van der Waals surface area (Å²) in [6.07, 6.45) is 3.63. The Bertz CT molecular complexity index is 796. The van der Waals surface area contributed by atoms with Gasteiger partial charge >= 0.3 is 0 Å². The first-order chi connectivity index (χ1) is 9.78. The molecule has 2 heterocycles. The lowest BCUT2D eigenvalue weighted by Crippen LogP contribution is -2.23. The van der Waals surface area contributed by atoms with Crippen molar-refractivity contribution in [1.82, 2.24) is 19.9 Å². The molecule has 3 aromatic rings. The van der Waals surface area contributed by atoms with E-state index in [1.54, 1.807) is 24.0 Å². The predicted octanol–water partition coefficient (Wildman–Crippen LogP) is 1.69. The Morgan fingerprint density at radius 2 is 2.20 bits per heavy atom. The number of aromatic nitrogens is 4. The van der Waals surface area contributed by atoms with E-state index in [1.807, 2.05) is 24.5 Å². The summed E-state index contributed by atoms with van der Waals surface area (Å²) in [4.78, 5) is 16.5. The molecule has 0 bridgehead atoms. The fourth-order valence-electron chi connectivity index (χ4n) is 1.91. The summed E-state index contributed by atoms with van der Waals surface area (Å²) in [6.45, 7) is 0.186. The first-order valence-electron chi connectivity index (χ1n) is 6.03. The van der Waals surface area contributed by atoms with Crippen molar-refractivity contribution in [1.29, 1.82) is 0 Å². The molecular formula is C13H12N4O2S. The molecule has 0 aliphatic heterocycles. The van der Waals surface area contributed by atoms with Crippen LogP contribution in [0, 0.1) is 0 Å². The Hall–Kier alpha value is -2.15.